The van der Waals surface area contributed by atoms with Crippen molar-refractivity contribution < 1.29 is 15.0 Å². The molecule has 0 spiro atoms. The number of carboxylic acid groups (broad SMARTS) is 1. The second-order valence-electron chi connectivity index (χ2n) is 8.66. The van der Waals surface area contributed by atoms with Gasteiger partial charge in [0.15, 0.2) is 0 Å². The van der Waals surface area contributed by atoms with Crippen molar-refractivity contribution in [1.82, 2.24) is 0 Å². The van der Waals surface area contributed by atoms with Crippen molar-refractivity contribution in [2.45, 2.75) is 57.8 Å². The maximum atomic E-state index is 11.0. The van der Waals surface area contributed by atoms with Gasteiger partial charge in [0.1, 0.15) is 11.3 Å². The summed E-state index contributed by atoms with van der Waals surface area (Å²) in [4.78, 5) is 11.0. The van der Waals surface area contributed by atoms with Crippen molar-refractivity contribution in [2.75, 3.05) is 0 Å². The van der Waals surface area contributed by atoms with Crippen LogP contribution in [-0.2, 0) is 17.3 Å². The number of carbonyl (C=O) groups is 1. The molecule has 0 saturated carbocycles. The predicted molar refractivity (Wildman–Crippen MR) is 115 cm³/mol. The van der Waals surface area contributed by atoms with E-state index in [-0.39, 0.29) is 41.0 Å². The van der Waals surface area contributed by atoms with Gasteiger partial charge in [-0.05, 0) is 58.6 Å². The fourth-order valence-corrected chi connectivity index (χ4v) is 3.78. The number of benzene rings is 2. The normalized spacial score (nSPS) is 16.1. The molecule has 3 rings (SSSR count). The Morgan fingerprint density at radius 2 is 1.64 bits per heavy atom. The van der Waals surface area contributed by atoms with Crippen molar-refractivity contribution in [3.8, 4) is 17.6 Å². The number of carboxylic acids is 1. The van der Waals surface area contributed by atoms with Gasteiger partial charge in [0.2, 0.25) is 0 Å². The van der Waals surface area contributed by atoms with Crippen LogP contribution in [0.2, 0.25) is 0 Å². The van der Waals surface area contributed by atoms with Crippen LogP contribution in [0, 0.1) is 11.8 Å². The zero-order chi connectivity index (χ0) is 19.8. The fourth-order valence-electron chi connectivity index (χ4n) is 3.78. The van der Waals surface area contributed by atoms with Gasteiger partial charge in [0.25, 0.3) is 0 Å². The maximum absolute atomic E-state index is 11.0. The average Bonchev–Trinajstić information content (AvgIpc) is 2.59. The van der Waals surface area contributed by atoms with Gasteiger partial charge in [-0.25, -0.2) is 4.79 Å². The average molecular weight is 370 g/mol. The summed E-state index contributed by atoms with van der Waals surface area (Å²) in [5, 5.41) is 18.7. The quantitative estimate of drug-likeness (QED) is 0.609. The number of hydrogen-bond donors (Lipinski definition) is 2. The Kier molecular flexibility index (Phi) is 6.40. The summed E-state index contributed by atoms with van der Waals surface area (Å²) in [6.45, 7) is 9.24. The van der Waals surface area contributed by atoms with Crippen LogP contribution in [0.15, 0.2) is 36.4 Å². The predicted octanol–water partition coefficient (Wildman–Crippen LogP) is 4.39. The number of aromatic carboxylic acids is 1. The van der Waals surface area contributed by atoms with Crippen LogP contribution in [0.5, 0.6) is 5.75 Å². The summed E-state index contributed by atoms with van der Waals surface area (Å²) >= 11 is 0. The molecule has 0 amide bonds. The van der Waals surface area contributed by atoms with Crippen LogP contribution in [0.25, 0.3) is 0 Å². The molecule has 2 N–H and O–H groups in total. The second kappa shape index (κ2) is 8.08. The van der Waals surface area contributed by atoms with Gasteiger partial charge in [-0.2, -0.15) is 0 Å². The van der Waals surface area contributed by atoms with E-state index in [1.807, 2.05) is 0 Å². The molecule has 0 saturated heterocycles. The number of hydrogen-bond acceptors (Lipinski definition) is 2. The molecule has 0 unspecified atom stereocenters. The number of fused-ring (bicyclic) bond motifs is 1. The molecule has 2 aromatic rings. The summed E-state index contributed by atoms with van der Waals surface area (Å²) in [5.41, 5.74) is 4.91. The number of phenols is 1. The van der Waals surface area contributed by atoms with Crippen LogP contribution in [0.4, 0.5) is 0 Å². The molecule has 1 aliphatic carbocycles. The van der Waals surface area contributed by atoms with Gasteiger partial charge in [-0.15, -0.1) is 0 Å². The first-order valence-corrected chi connectivity index (χ1v) is 9.29. The first-order chi connectivity index (χ1) is 12.6. The molecule has 0 aliphatic heterocycles. The van der Waals surface area contributed by atoms with E-state index in [4.69, 9.17) is 5.11 Å². The first-order valence-electron chi connectivity index (χ1n) is 9.29. The Labute approximate surface area is 179 Å². The van der Waals surface area contributed by atoms with E-state index >= 15 is 0 Å². The summed E-state index contributed by atoms with van der Waals surface area (Å²) in [5.74, 6) is 4.75. The van der Waals surface area contributed by atoms with E-state index < -0.39 is 5.97 Å². The van der Waals surface area contributed by atoms with Crippen LogP contribution >= 0.6 is 0 Å². The number of rotatable bonds is 2. The third kappa shape index (κ3) is 4.47. The van der Waals surface area contributed by atoms with Crippen LogP contribution in [0.1, 0.15) is 73.1 Å². The monoisotopic (exact) mass is 370 g/mol. The molecule has 4 heteroatoms. The molecule has 0 fully saturated rings. The van der Waals surface area contributed by atoms with Gasteiger partial charge >= 0.3 is 24.8 Å². The first kappa shape index (κ1) is 22.2. The molecule has 0 bridgehead atoms. The van der Waals surface area contributed by atoms with Gasteiger partial charge in [0.05, 0.1) is 0 Å². The zero-order valence-electron chi connectivity index (χ0n) is 16.4. The van der Waals surface area contributed by atoms with Crippen LogP contribution < -0.4 is 0 Å². The van der Waals surface area contributed by atoms with Crippen LogP contribution in [-0.4, -0.2) is 35.0 Å². The number of aromatic hydroxyl groups is 1. The molecular formula is C24H27LiO3. The Hall–Kier alpha value is -2.13. The van der Waals surface area contributed by atoms with Gasteiger partial charge < -0.3 is 10.2 Å². The summed E-state index contributed by atoms with van der Waals surface area (Å²) in [6.07, 6.45) is 2.99. The molecule has 28 heavy (non-hydrogen) atoms. The molecular weight excluding hydrogens is 343 g/mol. The Bertz CT molecular complexity index is 962. The van der Waals surface area contributed by atoms with Crippen LogP contribution in [0.3, 0.4) is 0 Å². The third-order valence-electron chi connectivity index (χ3n) is 5.67. The van der Waals surface area contributed by atoms with E-state index in [2.05, 4.69) is 57.7 Å². The van der Waals surface area contributed by atoms with E-state index in [0.29, 0.717) is 12.0 Å². The Balaban J connectivity index is 0.00000280. The SMILES string of the molecule is CC1(C)CCC(C)(C)c2cc(CC#Cc3ccc(C(=O)O)c(O)c3)ccc21.[LiH]. The molecule has 2 aromatic carbocycles. The van der Waals surface area contributed by atoms with Crippen molar-refractivity contribution in [3.05, 3.63) is 64.2 Å². The molecule has 0 aromatic heterocycles. The van der Waals surface area contributed by atoms with E-state index in [0.717, 1.165) is 0 Å². The van der Waals surface area contributed by atoms with Gasteiger partial charge in [-0.1, -0.05) is 57.7 Å². The van der Waals surface area contributed by atoms with Crippen molar-refractivity contribution in [1.29, 1.82) is 0 Å². The van der Waals surface area contributed by atoms with Gasteiger partial charge in [-0.3, -0.25) is 0 Å². The third-order valence-corrected chi connectivity index (χ3v) is 5.67. The molecule has 3 nitrogen and oxygen atoms in total. The van der Waals surface area contributed by atoms with Gasteiger partial charge in [0, 0.05) is 12.0 Å². The molecule has 142 valence electrons. The molecule has 1 aliphatic rings. The second-order valence-corrected chi connectivity index (χ2v) is 8.66. The summed E-state index contributed by atoms with van der Waals surface area (Å²) in [6, 6.07) is 11.1. The zero-order valence-corrected chi connectivity index (χ0v) is 16.4. The van der Waals surface area contributed by atoms with E-state index in [1.165, 1.54) is 41.7 Å². The molecule has 0 atom stereocenters. The summed E-state index contributed by atoms with van der Waals surface area (Å²) < 4.78 is 0. The molecule has 0 radical (unpaired) electrons. The molecule has 0 heterocycles. The Morgan fingerprint density at radius 1 is 1.00 bits per heavy atom. The fraction of sp³-hybridized carbons (Fsp3) is 0.375. The summed E-state index contributed by atoms with van der Waals surface area (Å²) in [7, 11) is 0. The van der Waals surface area contributed by atoms with Crippen molar-refractivity contribution in [3.63, 3.8) is 0 Å². The minimum atomic E-state index is -1.15. The van der Waals surface area contributed by atoms with E-state index in [1.54, 1.807) is 6.07 Å². The van der Waals surface area contributed by atoms with Crippen molar-refractivity contribution in [2.24, 2.45) is 0 Å². The van der Waals surface area contributed by atoms with Crippen molar-refractivity contribution >= 4 is 24.8 Å². The minimum absolute atomic E-state index is 0. The van der Waals surface area contributed by atoms with E-state index in [9.17, 15) is 9.90 Å². The topological polar surface area (TPSA) is 57.5 Å². The standard InChI is InChI=1S/C24H26O3.Li.H/c1-23(2)12-13-24(3,4)20-14-16(9-11-19(20)23)6-5-7-17-8-10-18(22(26)27)21(25)15-17;;/h8-11,14-15,25H,6,12-13H2,1-4H3,(H,26,27);;. The Morgan fingerprint density at radius 3 is 2.25 bits per heavy atom.